The average molecular weight is 266 g/mol. The maximum absolute atomic E-state index is 14.1. The molecule has 1 saturated heterocycles. The second kappa shape index (κ2) is 6.46. The maximum Gasteiger partial charge on any atom is 0.128 e. The molecule has 0 spiro atoms. The van der Waals surface area contributed by atoms with Crippen LogP contribution in [0.2, 0.25) is 0 Å². The summed E-state index contributed by atoms with van der Waals surface area (Å²) in [6, 6.07) is 5.21. The second-order valence-corrected chi connectivity index (χ2v) is 5.30. The van der Waals surface area contributed by atoms with Crippen LogP contribution in [-0.2, 0) is 4.74 Å². The van der Waals surface area contributed by atoms with E-state index in [4.69, 9.17) is 10.5 Å². The van der Waals surface area contributed by atoms with E-state index in [9.17, 15) is 4.39 Å². The highest BCUT2D eigenvalue weighted by molar-refractivity contribution is 5.28. The topological polar surface area (TPSA) is 38.5 Å². The third-order valence-corrected chi connectivity index (χ3v) is 3.83. The van der Waals surface area contributed by atoms with Crippen LogP contribution in [0.3, 0.4) is 0 Å². The molecule has 2 atom stereocenters. The third kappa shape index (κ3) is 3.32. The van der Waals surface area contributed by atoms with Gasteiger partial charge in [0.05, 0.1) is 12.6 Å². The number of methoxy groups -OCH3 is 1. The number of halogens is 1. The van der Waals surface area contributed by atoms with Gasteiger partial charge in [0.25, 0.3) is 0 Å². The highest BCUT2D eigenvalue weighted by Gasteiger charge is 2.31. The fourth-order valence-corrected chi connectivity index (χ4v) is 2.87. The van der Waals surface area contributed by atoms with Gasteiger partial charge in [0, 0.05) is 25.3 Å². The molecule has 0 aliphatic carbocycles. The van der Waals surface area contributed by atoms with E-state index >= 15 is 0 Å². The lowest BCUT2D eigenvalue weighted by atomic mass is 9.90. The van der Waals surface area contributed by atoms with Crippen molar-refractivity contribution in [3.05, 3.63) is 35.1 Å². The van der Waals surface area contributed by atoms with Crippen molar-refractivity contribution in [3.63, 3.8) is 0 Å². The zero-order chi connectivity index (χ0) is 13.8. The van der Waals surface area contributed by atoms with Crippen molar-refractivity contribution in [2.24, 2.45) is 5.73 Å². The molecule has 106 valence electrons. The Bertz CT molecular complexity index is 425. The molecular formula is C15H23FN2O. The quantitative estimate of drug-likeness (QED) is 0.908. The highest BCUT2D eigenvalue weighted by Crippen LogP contribution is 2.32. The molecule has 3 nitrogen and oxygen atoms in total. The molecule has 1 aromatic carbocycles. The number of rotatable bonds is 4. The first-order valence-electron chi connectivity index (χ1n) is 6.88. The smallest absolute Gasteiger partial charge is 0.128 e. The van der Waals surface area contributed by atoms with Crippen molar-refractivity contribution in [1.29, 1.82) is 0 Å². The van der Waals surface area contributed by atoms with Crippen molar-refractivity contribution in [2.75, 3.05) is 26.8 Å². The zero-order valence-corrected chi connectivity index (χ0v) is 11.7. The van der Waals surface area contributed by atoms with E-state index < -0.39 is 0 Å². The molecule has 1 aromatic rings. The van der Waals surface area contributed by atoms with Crippen LogP contribution in [0, 0.1) is 12.7 Å². The van der Waals surface area contributed by atoms with Crippen LogP contribution in [0.4, 0.5) is 4.39 Å². The number of aryl methyl sites for hydroxylation is 1. The SMILES string of the molecule is COCCN1CCCC(N)C1c1cc(C)ccc1F. The van der Waals surface area contributed by atoms with Crippen LogP contribution in [0.15, 0.2) is 18.2 Å². The summed E-state index contributed by atoms with van der Waals surface area (Å²) in [5.74, 6) is -0.157. The van der Waals surface area contributed by atoms with Crippen LogP contribution < -0.4 is 5.73 Å². The normalized spacial score (nSPS) is 24.6. The summed E-state index contributed by atoms with van der Waals surface area (Å²) in [6.07, 6.45) is 2.01. The summed E-state index contributed by atoms with van der Waals surface area (Å²) in [6.45, 7) is 4.38. The summed E-state index contributed by atoms with van der Waals surface area (Å²) >= 11 is 0. The van der Waals surface area contributed by atoms with Gasteiger partial charge in [-0.25, -0.2) is 4.39 Å². The molecule has 2 unspecified atom stereocenters. The van der Waals surface area contributed by atoms with Crippen molar-refractivity contribution in [1.82, 2.24) is 4.90 Å². The molecule has 1 aliphatic heterocycles. The number of likely N-dealkylation sites (tertiary alicyclic amines) is 1. The molecular weight excluding hydrogens is 243 g/mol. The number of nitrogens with two attached hydrogens (primary N) is 1. The standard InChI is InChI=1S/C15H23FN2O/c1-11-5-6-13(16)12(10-11)15-14(17)4-3-7-18(15)8-9-19-2/h5-6,10,14-15H,3-4,7-9,17H2,1-2H3. The molecule has 4 heteroatoms. The highest BCUT2D eigenvalue weighted by atomic mass is 19.1. The van der Waals surface area contributed by atoms with Crippen LogP contribution >= 0.6 is 0 Å². The largest absolute Gasteiger partial charge is 0.383 e. The average Bonchev–Trinajstić information content (AvgIpc) is 2.39. The van der Waals surface area contributed by atoms with Crippen LogP contribution in [0.5, 0.6) is 0 Å². The Morgan fingerprint density at radius 1 is 1.47 bits per heavy atom. The van der Waals surface area contributed by atoms with Crippen molar-refractivity contribution < 1.29 is 9.13 Å². The molecule has 1 heterocycles. The number of hydrogen-bond donors (Lipinski definition) is 1. The predicted octanol–water partition coefficient (Wildman–Crippen LogP) is 2.24. The molecule has 0 radical (unpaired) electrons. The molecule has 1 aliphatic rings. The molecule has 2 N–H and O–H groups in total. The first-order valence-corrected chi connectivity index (χ1v) is 6.88. The number of ether oxygens (including phenoxy) is 1. The van der Waals surface area contributed by atoms with E-state index in [2.05, 4.69) is 4.90 Å². The van der Waals surface area contributed by atoms with E-state index in [1.807, 2.05) is 13.0 Å². The zero-order valence-electron chi connectivity index (χ0n) is 11.7. The van der Waals surface area contributed by atoms with Crippen molar-refractivity contribution in [2.45, 2.75) is 31.8 Å². The van der Waals surface area contributed by atoms with Gasteiger partial charge in [0.1, 0.15) is 5.82 Å². The Hall–Kier alpha value is -0.970. The minimum atomic E-state index is -0.157. The summed E-state index contributed by atoms with van der Waals surface area (Å²) < 4.78 is 19.3. The summed E-state index contributed by atoms with van der Waals surface area (Å²) in [5.41, 5.74) is 8.04. The van der Waals surface area contributed by atoms with E-state index in [0.717, 1.165) is 37.1 Å². The Balaban J connectivity index is 2.27. The van der Waals surface area contributed by atoms with Crippen LogP contribution in [-0.4, -0.2) is 37.7 Å². The maximum atomic E-state index is 14.1. The first-order chi connectivity index (χ1) is 9.13. The minimum absolute atomic E-state index is 0.0121. The first kappa shape index (κ1) is 14.4. The lowest BCUT2D eigenvalue weighted by Crippen LogP contribution is -2.47. The molecule has 0 bridgehead atoms. The molecule has 19 heavy (non-hydrogen) atoms. The number of hydrogen-bond acceptors (Lipinski definition) is 3. The summed E-state index contributed by atoms with van der Waals surface area (Å²) in [5, 5.41) is 0. The Kier molecular flexibility index (Phi) is 4.91. The third-order valence-electron chi connectivity index (χ3n) is 3.83. The predicted molar refractivity (Wildman–Crippen MR) is 74.5 cm³/mol. The molecule has 2 rings (SSSR count). The Morgan fingerprint density at radius 2 is 2.26 bits per heavy atom. The van der Waals surface area contributed by atoms with Gasteiger partial charge in [-0.05, 0) is 32.4 Å². The van der Waals surface area contributed by atoms with E-state index in [1.54, 1.807) is 19.2 Å². The lowest BCUT2D eigenvalue weighted by Gasteiger charge is -2.40. The monoisotopic (exact) mass is 266 g/mol. The number of piperidine rings is 1. The number of benzene rings is 1. The summed E-state index contributed by atoms with van der Waals surface area (Å²) in [4.78, 5) is 2.25. The van der Waals surface area contributed by atoms with Gasteiger partial charge < -0.3 is 10.5 Å². The van der Waals surface area contributed by atoms with Crippen LogP contribution in [0.1, 0.15) is 30.0 Å². The summed E-state index contributed by atoms with van der Waals surface area (Å²) in [7, 11) is 1.69. The van der Waals surface area contributed by atoms with Gasteiger partial charge in [-0.3, -0.25) is 4.90 Å². The molecule has 0 saturated carbocycles. The molecule has 1 fully saturated rings. The van der Waals surface area contributed by atoms with Gasteiger partial charge in [-0.2, -0.15) is 0 Å². The van der Waals surface area contributed by atoms with Gasteiger partial charge in [0.15, 0.2) is 0 Å². The Labute approximate surface area is 114 Å². The lowest BCUT2D eigenvalue weighted by molar-refractivity contribution is 0.0830. The van der Waals surface area contributed by atoms with Gasteiger partial charge in [-0.1, -0.05) is 17.7 Å². The van der Waals surface area contributed by atoms with E-state index in [1.165, 1.54) is 0 Å². The van der Waals surface area contributed by atoms with Gasteiger partial charge in [-0.15, -0.1) is 0 Å². The second-order valence-electron chi connectivity index (χ2n) is 5.30. The molecule has 0 aromatic heterocycles. The fraction of sp³-hybridized carbons (Fsp3) is 0.600. The molecule has 0 amide bonds. The van der Waals surface area contributed by atoms with E-state index in [0.29, 0.717) is 6.61 Å². The fourth-order valence-electron chi connectivity index (χ4n) is 2.87. The van der Waals surface area contributed by atoms with Gasteiger partial charge in [0.2, 0.25) is 0 Å². The minimum Gasteiger partial charge on any atom is -0.383 e. The van der Waals surface area contributed by atoms with Crippen molar-refractivity contribution in [3.8, 4) is 0 Å². The van der Waals surface area contributed by atoms with Crippen LogP contribution in [0.25, 0.3) is 0 Å². The van der Waals surface area contributed by atoms with Gasteiger partial charge >= 0.3 is 0 Å². The Morgan fingerprint density at radius 3 is 3.00 bits per heavy atom. The van der Waals surface area contributed by atoms with Crippen molar-refractivity contribution >= 4 is 0 Å². The van der Waals surface area contributed by atoms with E-state index in [-0.39, 0.29) is 17.9 Å². The number of nitrogens with zero attached hydrogens (tertiary/aromatic N) is 1.